The Morgan fingerprint density at radius 3 is 2.45 bits per heavy atom. The molecule has 5 rings (SSSR count). The number of hydrogen-bond donors (Lipinski definition) is 2. The minimum absolute atomic E-state index is 0. The molecule has 2 N–H and O–H groups in total. The first-order valence-corrected chi connectivity index (χ1v) is 13.8. The summed E-state index contributed by atoms with van der Waals surface area (Å²) >= 11 is 1.50. The molecule has 2 aromatic heterocycles. The van der Waals surface area contributed by atoms with Crippen LogP contribution in [0.3, 0.4) is 0 Å². The lowest BCUT2D eigenvalue weighted by Gasteiger charge is -2.22. The first kappa shape index (κ1) is 27.8. The molecule has 1 saturated heterocycles. The monoisotopic (exact) mass is 551 g/mol. The number of benzene rings is 2. The lowest BCUT2D eigenvalue weighted by Crippen LogP contribution is -2.35. The Morgan fingerprint density at radius 2 is 1.68 bits per heavy atom. The van der Waals surface area contributed by atoms with Crippen molar-refractivity contribution in [1.82, 2.24) is 25.3 Å². The Hall–Kier alpha value is -3.20. The predicted molar refractivity (Wildman–Crippen MR) is 156 cm³/mol. The van der Waals surface area contributed by atoms with Crippen LogP contribution in [0.25, 0.3) is 21.5 Å². The molecule has 7 nitrogen and oxygen atoms in total. The maximum atomic E-state index is 13.6. The van der Waals surface area contributed by atoms with Crippen LogP contribution < -0.4 is 10.6 Å². The third-order valence-electron chi connectivity index (χ3n) is 6.82. The van der Waals surface area contributed by atoms with Crippen molar-refractivity contribution in [1.29, 1.82) is 0 Å². The maximum Gasteiger partial charge on any atom is 0.264 e. The molecule has 1 atom stereocenters. The highest BCUT2D eigenvalue weighted by Crippen LogP contribution is 2.34. The molecule has 38 heavy (non-hydrogen) atoms. The van der Waals surface area contributed by atoms with Gasteiger partial charge in [0.25, 0.3) is 5.91 Å². The van der Waals surface area contributed by atoms with E-state index < -0.39 is 0 Å². The van der Waals surface area contributed by atoms with Gasteiger partial charge >= 0.3 is 0 Å². The number of halogens is 1. The summed E-state index contributed by atoms with van der Waals surface area (Å²) in [4.78, 5) is 29.9. The van der Waals surface area contributed by atoms with Gasteiger partial charge in [-0.15, -0.1) is 23.7 Å². The molecule has 0 aliphatic carbocycles. The molecule has 4 aromatic rings. The average Bonchev–Trinajstić information content (AvgIpc) is 3.50. The number of nitrogens with zero attached hydrogens (tertiary/aromatic N) is 3. The largest absolute Gasteiger partial charge is 0.356 e. The van der Waals surface area contributed by atoms with Gasteiger partial charge in [-0.1, -0.05) is 60.7 Å². The topological polar surface area (TPSA) is 79.3 Å². The molecule has 0 radical (unpaired) electrons. The van der Waals surface area contributed by atoms with Crippen LogP contribution in [0, 0.1) is 0 Å². The molecular formula is C29H34ClN5O2S. The fourth-order valence-electron chi connectivity index (χ4n) is 4.88. The van der Waals surface area contributed by atoms with Crippen molar-refractivity contribution >= 4 is 45.8 Å². The number of aromatic nitrogens is 2. The molecule has 1 aliphatic heterocycles. The van der Waals surface area contributed by atoms with Crippen molar-refractivity contribution in [3.8, 4) is 11.3 Å². The second kappa shape index (κ2) is 13.0. The molecule has 1 fully saturated rings. The SMILES string of the molecule is Cl.Cn1nc(-c2ccccc2)c2cc(C(=O)N3CCCCNC(c4ccccc4)CC(=O)NCCC3)sc21. The Kier molecular flexibility index (Phi) is 9.55. The number of rotatable bonds is 3. The zero-order valence-corrected chi connectivity index (χ0v) is 23.2. The van der Waals surface area contributed by atoms with E-state index in [0.29, 0.717) is 26.1 Å². The number of nitrogens with one attached hydrogen (secondary N) is 2. The van der Waals surface area contributed by atoms with E-state index in [9.17, 15) is 9.59 Å². The summed E-state index contributed by atoms with van der Waals surface area (Å²) in [6, 6.07) is 22.2. The van der Waals surface area contributed by atoms with Gasteiger partial charge in [0.15, 0.2) is 0 Å². The van der Waals surface area contributed by atoms with E-state index in [0.717, 1.165) is 57.7 Å². The van der Waals surface area contributed by atoms with E-state index in [4.69, 9.17) is 5.10 Å². The summed E-state index contributed by atoms with van der Waals surface area (Å²) in [5, 5.41) is 12.3. The molecule has 9 heteroatoms. The lowest BCUT2D eigenvalue weighted by molar-refractivity contribution is -0.121. The van der Waals surface area contributed by atoms with Gasteiger partial charge < -0.3 is 15.5 Å². The highest BCUT2D eigenvalue weighted by atomic mass is 35.5. The fourth-order valence-corrected chi connectivity index (χ4v) is 5.92. The summed E-state index contributed by atoms with van der Waals surface area (Å²) in [5.74, 6) is 0.0838. The second-order valence-corrected chi connectivity index (χ2v) is 10.5. The summed E-state index contributed by atoms with van der Waals surface area (Å²) in [7, 11) is 1.93. The van der Waals surface area contributed by atoms with E-state index in [1.165, 1.54) is 11.3 Å². The fraction of sp³-hybridized carbons (Fsp3) is 0.345. The van der Waals surface area contributed by atoms with Gasteiger partial charge in [-0.3, -0.25) is 14.3 Å². The van der Waals surface area contributed by atoms with E-state index in [2.05, 4.69) is 22.8 Å². The third kappa shape index (κ3) is 6.43. The second-order valence-electron chi connectivity index (χ2n) is 9.49. The number of aryl methyl sites for hydroxylation is 1. The van der Waals surface area contributed by atoms with Crippen LogP contribution in [0.2, 0.25) is 0 Å². The normalized spacial score (nSPS) is 17.6. The quantitative estimate of drug-likeness (QED) is 0.367. The first-order valence-electron chi connectivity index (χ1n) is 13.0. The van der Waals surface area contributed by atoms with E-state index >= 15 is 0 Å². The number of thiophene rings is 1. The Balaban J connectivity index is 0.00000336. The number of carbonyl (C=O) groups excluding carboxylic acids is 2. The smallest absolute Gasteiger partial charge is 0.264 e. The zero-order chi connectivity index (χ0) is 25.6. The Labute approximate surface area is 233 Å². The number of fused-ring (bicyclic) bond motifs is 1. The van der Waals surface area contributed by atoms with E-state index in [-0.39, 0.29) is 30.3 Å². The van der Waals surface area contributed by atoms with Gasteiger partial charge in [-0.25, -0.2) is 0 Å². The molecule has 0 bridgehead atoms. The molecular weight excluding hydrogens is 518 g/mol. The molecule has 200 valence electrons. The Morgan fingerprint density at radius 1 is 0.974 bits per heavy atom. The van der Waals surface area contributed by atoms with Gasteiger partial charge in [0.2, 0.25) is 5.91 Å². The van der Waals surface area contributed by atoms with Gasteiger partial charge in [-0.05, 0) is 37.4 Å². The molecule has 0 saturated carbocycles. The molecule has 2 aromatic carbocycles. The van der Waals surface area contributed by atoms with Gasteiger partial charge in [-0.2, -0.15) is 5.10 Å². The van der Waals surface area contributed by atoms with Crippen LogP contribution in [0.1, 0.15) is 47.0 Å². The van der Waals surface area contributed by atoms with E-state index in [1.54, 1.807) is 0 Å². The van der Waals surface area contributed by atoms with Crippen molar-refractivity contribution < 1.29 is 9.59 Å². The number of carbonyl (C=O) groups is 2. The number of amides is 2. The van der Waals surface area contributed by atoms with Crippen molar-refractivity contribution in [2.24, 2.45) is 7.05 Å². The van der Waals surface area contributed by atoms with Gasteiger partial charge in [0, 0.05) is 50.1 Å². The molecule has 0 spiro atoms. The van der Waals surface area contributed by atoms with Gasteiger partial charge in [0.05, 0.1) is 4.88 Å². The van der Waals surface area contributed by atoms with Crippen molar-refractivity contribution in [3.63, 3.8) is 0 Å². The number of hydrogen-bond acceptors (Lipinski definition) is 5. The van der Waals surface area contributed by atoms with Crippen LogP contribution >= 0.6 is 23.7 Å². The van der Waals surface area contributed by atoms with Gasteiger partial charge in [0.1, 0.15) is 10.5 Å². The average molecular weight is 552 g/mol. The first-order chi connectivity index (χ1) is 18.1. The molecule has 3 heterocycles. The maximum absolute atomic E-state index is 13.6. The van der Waals surface area contributed by atoms with Crippen LogP contribution in [-0.2, 0) is 11.8 Å². The predicted octanol–water partition coefficient (Wildman–Crippen LogP) is 5.19. The van der Waals surface area contributed by atoms with E-state index in [1.807, 2.05) is 71.2 Å². The minimum atomic E-state index is -0.00865. The molecule has 1 unspecified atom stereocenters. The lowest BCUT2D eigenvalue weighted by atomic mass is 10.0. The zero-order valence-electron chi connectivity index (χ0n) is 21.6. The summed E-state index contributed by atoms with van der Waals surface area (Å²) < 4.78 is 1.86. The minimum Gasteiger partial charge on any atom is -0.356 e. The van der Waals surface area contributed by atoms with Crippen LogP contribution in [0.5, 0.6) is 0 Å². The Bertz CT molecular complexity index is 1360. The van der Waals surface area contributed by atoms with Crippen molar-refractivity contribution in [2.75, 3.05) is 26.2 Å². The van der Waals surface area contributed by atoms with Crippen molar-refractivity contribution in [3.05, 3.63) is 77.2 Å². The molecule has 2 amide bonds. The van der Waals surface area contributed by atoms with Crippen molar-refractivity contribution in [2.45, 2.75) is 31.7 Å². The highest BCUT2D eigenvalue weighted by molar-refractivity contribution is 7.20. The standard InChI is InChI=1S/C29H33N5O2S.ClH/c1-33-29-23(27(32-33)22-13-6-3-7-14-22)19-25(37-29)28(36)34-17-9-8-15-30-24(21-11-4-2-5-12-21)20-26(35)31-16-10-18-34;/h2-7,11-14,19,24,30H,8-10,15-18,20H2,1H3,(H,31,35);1H. The summed E-state index contributed by atoms with van der Waals surface area (Å²) in [6.45, 7) is 2.66. The van der Waals surface area contributed by atoms with Crippen LogP contribution in [0.4, 0.5) is 0 Å². The van der Waals surface area contributed by atoms with Crippen LogP contribution in [-0.4, -0.2) is 52.7 Å². The molecule has 1 aliphatic rings. The van der Waals surface area contributed by atoms with Crippen LogP contribution in [0.15, 0.2) is 66.7 Å². The third-order valence-corrected chi connectivity index (χ3v) is 8.01. The summed E-state index contributed by atoms with van der Waals surface area (Å²) in [6.07, 6.45) is 2.97. The highest BCUT2D eigenvalue weighted by Gasteiger charge is 2.22. The summed E-state index contributed by atoms with van der Waals surface area (Å²) in [5.41, 5.74) is 3.07.